The quantitative estimate of drug-likeness (QED) is 0.551. The summed E-state index contributed by atoms with van der Waals surface area (Å²) in [5, 5.41) is 0. The Labute approximate surface area is 56.5 Å². The highest BCUT2D eigenvalue weighted by atomic mass is 19.1. The summed E-state index contributed by atoms with van der Waals surface area (Å²) in [6.07, 6.45) is 2.39. The van der Waals surface area contributed by atoms with Gasteiger partial charge in [-0.1, -0.05) is 20.3 Å². The van der Waals surface area contributed by atoms with Crippen molar-refractivity contribution in [2.24, 2.45) is 11.8 Å². The van der Waals surface area contributed by atoms with Gasteiger partial charge in [-0.15, -0.1) is 0 Å². The van der Waals surface area contributed by atoms with Crippen molar-refractivity contribution < 1.29 is 4.39 Å². The van der Waals surface area contributed by atoms with Crippen molar-refractivity contribution in [3.63, 3.8) is 0 Å². The Bertz CT molecular complexity index is 90.6. The first kappa shape index (κ1) is 7.04. The molecule has 0 bridgehead atoms. The zero-order chi connectivity index (χ0) is 6.85. The SMILES string of the molecule is CCCC(F)C1CC1C. The molecule has 0 spiro atoms. The predicted octanol–water partition coefficient (Wildman–Crippen LogP) is 2.78. The Balaban J connectivity index is 2.11. The van der Waals surface area contributed by atoms with Gasteiger partial charge < -0.3 is 0 Å². The second kappa shape index (κ2) is 2.68. The first-order chi connectivity index (χ1) is 4.25. The first-order valence-corrected chi connectivity index (χ1v) is 3.89. The van der Waals surface area contributed by atoms with E-state index in [-0.39, 0.29) is 0 Å². The van der Waals surface area contributed by atoms with Gasteiger partial charge in [-0.05, 0) is 24.7 Å². The average molecular weight is 130 g/mol. The fourth-order valence-corrected chi connectivity index (χ4v) is 1.34. The molecule has 1 aliphatic rings. The van der Waals surface area contributed by atoms with Crippen LogP contribution in [0.5, 0.6) is 0 Å². The molecule has 54 valence electrons. The largest absolute Gasteiger partial charge is 0.247 e. The molecule has 0 aromatic heterocycles. The molecule has 1 saturated carbocycles. The van der Waals surface area contributed by atoms with Gasteiger partial charge in [0, 0.05) is 0 Å². The summed E-state index contributed by atoms with van der Waals surface area (Å²) >= 11 is 0. The van der Waals surface area contributed by atoms with Crippen molar-refractivity contribution in [2.45, 2.75) is 39.3 Å². The average Bonchev–Trinajstić information content (AvgIpc) is 2.47. The van der Waals surface area contributed by atoms with E-state index < -0.39 is 6.17 Å². The summed E-state index contributed by atoms with van der Waals surface area (Å²) in [5.74, 6) is 1.09. The molecule has 1 fully saturated rings. The Hall–Kier alpha value is -0.0700. The highest BCUT2D eigenvalue weighted by Crippen LogP contribution is 2.43. The van der Waals surface area contributed by atoms with Gasteiger partial charge in [-0.3, -0.25) is 0 Å². The molecule has 3 unspecified atom stereocenters. The van der Waals surface area contributed by atoms with Crippen LogP contribution in [-0.2, 0) is 0 Å². The van der Waals surface area contributed by atoms with E-state index in [9.17, 15) is 4.39 Å². The molecule has 1 aliphatic carbocycles. The van der Waals surface area contributed by atoms with Gasteiger partial charge in [0.25, 0.3) is 0 Å². The van der Waals surface area contributed by atoms with Gasteiger partial charge in [-0.25, -0.2) is 4.39 Å². The normalized spacial score (nSPS) is 36.3. The molecular formula is C8H15F. The maximum atomic E-state index is 12.8. The highest BCUT2D eigenvalue weighted by molar-refractivity contribution is 4.88. The van der Waals surface area contributed by atoms with Crippen LogP contribution in [0, 0.1) is 11.8 Å². The standard InChI is InChI=1S/C8H15F/c1-3-4-8(9)7-5-6(7)2/h6-8H,3-5H2,1-2H3. The van der Waals surface area contributed by atoms with Crippen LogP contribution in [0.2, 0.25) is 0 Å². The van der Waals surface area contributed by atoms with Crippen molar-refractivity contribution in [3.8, 4) is 0 Å². The van der Waals surface area contributed by atoms with Crippen LogP contribution in [0.25, 0.3) is 0 Å². The minimum atomic E-state index is -0.495. The maximum Gasteiger partial charge on any atom is 0.103 e. The lowest BCUT2D eigenvalue weighted by molar-refractivity contribution is 0.269. The monoisotopic (exact) mass is 130 g/mol. The van der Waals surface area contributed by atoms with Crippen LogP contribution >= 0.6 is 0 Å². The van der Waals surface area contributed by atoms with E-state index in [4.69, 9.17) is 0 Å². The Morgan fingerprint density at radius 3 is 2.56 bits per heavy atom. The third-order valence-electron chi connectivity index (χ3n) is 2.20. The van der Waals surface area contributed by atoms with Crippen LogP contribution in [0.4, 0.5) is 4.39 Å². The summed E-state index contributed by atoms with van der Waals surface area (Å²) in [5.41, 5.74) is 0. The van der Waals surface area contributed by atoms with E-state index >= 15 is 0 Å². The molecule has 1 heteroatoms. The van der Waals surface area contributed by atoms with E-state index in [0.29, 0.717) is 11.8 Å². The van der Waals surface area contributed by atoms with Crippen LogP contribution < -0.4 is 0 Å². The highest BCUT2D eigenvalue weighted by Gasteiger charge is 2.38. The first-order valence-electron chi connectivity index (χ1n) is 3.89. The molecular weight excluding hydrogens is 115 g/mol. The van der Waals surface area contributed by atoms with Crippen LogP contribution in [0.15, 0.2) is 0 Å². The Morgan fingerprint density at radius 1 is 1.67 bits per heavy atom. The Morgan fingerprint density at radius 2 is 2.22 bits per heavy atom. The molecule has 1 rings (SSSR count). The number of alkyl halides is 1. The summed E-state index contributed by atoms with van der Waals surface area (Å²) in [4.78, 5) is 0. The van der Waals surface area contributed by atoms with E-state index in [0.717, 1.165) is 19.3 Å². The van der Waals surface area contributed by atoms with E-state index in [1.54, 1.807) is 0 Å². The molecule has 3 atom stereocenters. The third kappa shape index (κ3) is 1.67. The van der Waals surface area contributed by atoms with Crippen molar-refractivity contribution in [1.29, 1.82) is 0 Å². The van der Waals surface area contributed by atoms with Crippen LogP contribution in [0.3, 0.4) is 0 Å². The fourth-order valence-electron chi connectivity index (χ4n) is 1.34. The van der Waals surface area contributed by atoms with Gasteiger partial charge in [-0.2, -0.15) is 0 Å². The van der Waals surface area contributed by atoms with Gasteiger partial charge in [0.05, 0.1) is 0 Å². The smallest absolute Gasteiger partial charge is 0.103 e. The van der Waals surface area contributed by atoms with Crippen LogP contribution in [0.1, 0.15) is 33.1 Å². The van der Waals surface area contributed by atoms with Gasteiger partial charge in [0.2, 0.25) is 0 Å². The maximum absolute atomic E-state index is 12.8. The van der Waals surface area contributed by atoms with Crippen molar-refractivity contribution in [1.82, 2.24) is 0 Å². The number of rotatable bonds is 3. The molecule has 0 amide bonds. The molecule has 9 heavy (non-hydrogen) atoms. The summed E-state index contributed by atoms with van der Waals surface area (Å²) in [7, 11) is 0. The fraction of sp³-hybridized carbons (Fsp3) is 1.00. The van der Waals surface area contributed by atoms with Gasteiger partial charge in [0.15, 0.2) is 0 Å². The molecule has 0 aliphatic heterocycles. The van der Waals surface area contributed by atoms with Crippen molar-refractivity contribution in [2.75, 3.05) is 0 Å². The second-order valence-corrected chi connectivity index (χ2v) is 3.18. The molecule has 0 aromatic carbocycles. The second-order valence-electron chi connectivity index (χ2n) is 3.18. The predicted molar refractivity (Wildman–Crippen MR) is 37.1 cm³/mol. The van der Waals surface area contributed by atoms with Crippen LogP contribution in [-0.4, -0.2) is 6.17 Å². The summed E-state index contributed by atoms with van der Waals surface area (Å²) in [6.45, 7) is 4.17. The molecule has 0 radical (unpaired) electrons. The Kier molecular flexibility index (Phi) is 2.09. The summed E-state index contributed by atoms with van der Waals surface area (Å²) < 4.78 is 12.8. The lowest BCUT2D eigenvalue weighted by Crippen LogP contribution is -2.02. The minimum Gasteiger partial charge on any atom is -0.247 e. The molecule has 0 saturated heterocycles. The molecule has 0 nitrogen and oxygen atoms in total. The molecule has 0 heterocycles. The van der Waals surface area contributed by atoms with E-state index in [2.05, 4.69) is 6.92 Å². The zero-order valence-corrected chi connectivity index (χ0v) is 6.23. The molecule has 0 aromatic rings. The van der Waals surface area contributed by atoms with Gasteiger partial charge in [0.1, 0.15) is 6.17 Å². The van der Waals surface area contributed by atoms with E-state index in [1.165, 1.54) is 0 Å². The number of hydrogen-bond acceptors (Lipinski definition) is 0. The lowest BCUT2D eigenvalue weighted by atomic mass is 10.1. The van der Waals surface area contributed by atoms with Crippen molar-refractivity contribution in [3.05, 3.63) is 0 Å². The van der Waals surface area contributed by atoms with Gasteiger partial charge >= 0.3 is 0 Å². The lowest BCUT2D eigenvalue weighted by Gasteiger charge is -2.02. The number of halogens is 1. The van der Waals surface area contributed by atoms with E-state index in [1.807, 2.05) is 6.92 Å². The topological polar surface area (TPSA) is 0 Å². The zero-order valence-electron chi connectivity index (χ0n) is 6.23. The minimum absolute atomic E-state index is 0.421. The summed E-state index contributed by atoms with van der Waals surface area (Å²) in [6, 6.07) is 0. The number of hydrogen-bond donors (Lipinski definition) is 0. The van der Waals surface area contributed by atoms with Crippen molar-refractivity contribution >= 4 is 0 Å². The molecule has 0 N–H and O–H groups in total. The third-order valence-corrected chi connectivity index (χ3v) is 2.20.